The summed E-state index contributed by atoms with van der Waals surface area (Å²) in [6.07, 6.45) is 0. The van der Waals surface area contributed by atoms with Gasteiger partial charge in [-0.1, -0.05) is 32.0 Å². The summed E-state index contributed by atoms with van der Waals surface area (Å²) in [6, 6.07) is 15.2. The van der Waals surface area contributed by atoms with Crippen molar-refractivity contribution in [2.24, 2.45) is 5.41 Å². The molecule has 0 saturated heterocycles. The van der Waals surface area contributed by atoms with E-state index in [1.807, 2.05) is 62.6 Å². The summed E-state index contributed by atoms with van der Waals surface area (Å²) in [7, 11) is 7.28. The number of hydrogen-bond donors (Lipinski definition) is 1. The van der Waals surface area contributed by atoms with Crippen LogP contribution in [0.25, 0.3) is 22.2 Å². The summed E-state index contributed by atoms with van der Waals surface area (Å²) in [5, 5.41) is 3.95. The third-order valence-corrected chi connectivity index (χ3v) is 5.11. The Morgan fingerprint density at radius 2 is 1.74 bits per heavy atom. The maximum absolute atomic E-state index is 13.2. The number of benzene rings is 2. The first kappa shape index (κ1) is 22.6. The third-order valence-electron chi connectivity index (χ3n) is 5.11. The molecule has 0 aliphatic heterocycles. The highest BCUT2D eigenvalue weighted by molar-refractivity contribution is 6.07. The normalized spacial score (nSPS) is 11.6. The van der Waals surface area contributed by atoms with Gasteiger partial charge in [0.1, 0.15) is 0 Å². The molecule has 0 spiro atoms. The van der Waals surface area contributed by atoms with Gasteiger partial charge in [0.25, 0.3) is 5.91 Å². The maximum atomic E-state index is 13.2. The number of rotatable bonds is 8. The summed E-state index contributed by atoms with van der Waals surface area (Å²) in [6.45, 7) is 5.74. The van der Waals surface area contributed by atoms with Crippen molar-refractivity contribution in [3.05, 3.63) is 54.1 Å². The zero-order valence-corrected chi connectivity index (χ0v) is 19.2. The van der Waals surface area contributed by atoms with Gasteiger partial charge in [0, 0.05) is 24.0 Å². The average molecular weight is 422 g/mol. The molecular weight excluding hydrogens is 390 g/mol. The summed E-state index contributed by atoms with van der Waals surface area (Å²) in [5.74, 6) is 1.16. The molecule has 3 aromatic rings. The molecule has 3 rings (SSSR count). The molecule has 6 heteroatoms. The van der Waals surface area contributed by atoms with E-state index in [-0.39, 0.29) is 11.3 Å². The number of fused-ring (bicyclic) bond motifs is 1. The average Bonchev–Trinajstić information content (AvgIpc) is 2.75. The van der Waals surface area contributed by atoms with E-state index < -0.39 is 0 Å². The topological polar surface area (TPSA) is 63.7 Å². The molecule has 0 radical (unpaired) electrons. The number of carbonyl (C=O) groups excluding carboxylic acids is 1. The van der Waals surface area contributed by atoms with Crippen LogP contribution in [-0.4, -0.2) is 57.2 Å². The van der Waals surface area contributed by atoms with E-state index in [0.29, 0.717) is 29.3 Å². The number of methoxy groups -OCH3 is 2. The highest BCUT2D eigenvalue weighted by atomic mass is 16.5. The molecule has 1 heterocycles. The lowest BCUT2D eigenvalue weighted by molar-refractivity contribution is 0.0931. The Kier molecular flexibility index (Phi) is 6.81. The molecule has 2 aromatic carbocycles. The summed E-state index contributed by atoms with van der Waals surface area (Å²) in [4.78, 5) is 20.1. The Labute approximate surface area is 184 Å². The monoisotopic (exact) mass is 421 g/mol. The van der Waals surface area contributed by atoms with E-state index >= 15 is 0 Å². The van der Waals surface area contributed by atoms with Crippen LogP contribution in [-0.2, 0) is 0 Å². The first-order chi connectivity index (χ1) is 14.7. The minimum absolute atomic E-state index is 0.0474. The molecule has 0 atom stereocenters. The van der Waals surface area contributed by atoms with E-state index in [0.717, 1.165) is 23.0 Å². The molecule has 31 heavy (non-hydrogen) atoms. The lowest BCUT2D eigenvalue weighted by atomic mass is 9.92. The Hall–Kier alpha value is -3.12. The highest BCUT2D eigenvalue weighted by Crippen LogP contribution is 2.33. The Balaban J connectivity index is 1.99. The number of para-hydroxylation sites is 1. The number of aromatic nitrogens is 1. The van der Waals surface area contributed by atoms with Crippen LogP contribution in [0.3, 0.4) is 0 Å². The first-order valence-corrected chi connectivity index (χ1v) is 10.3. The minimum Gasteiger partial charge on any atom is -0.493 e. The summed E-state index contributed by atoms with van der Waals surface area (Å²) < 4.78 is 10.8. The number of amides is 1. The number of nitrogens with zero attached hydrogens (tertiary/aromatic N) is 2. The van der Waals surface area contributed by atoms with Gasteiger partial charge in [-0.25, -0.2) is 4.98 Å². The Bertz CT molecular complexity index is 1080. The van der Waals surface area contributed by atoms with Gasteiger partial charge in [0.05, 0.1) is 31.0 Å². The van der Waals surface area contributed by atoms with Crippen molar-refractivity contribution in [1.29, 1.82) is 0 Å². The molecule has 164 valence electrons. The van der Waals surface area contributed by atoms with Crippen LogP contribution in [0.4, 0.5) is 0 Å². The second-order valence-electron chi connectivity index (χ2n) is 8.73. The predicted molar refractivity (Wildman–Crippen MR) is 125 cm³/mol. The molecule has 1 aromatic heterocycles. The number of ether oxygens (including phenoxy) is 2. The molecule has 0 saturated carbocycles. The molecule has 0 aliphatic carbocycles. The van der Waals surface area contributed by atoms with Gasteiger partial charge in [-0.3, -0.25) is 4.79 Å². The van der Waals surface area contributed by atoms with Crippen LogP contribution in [0.15, 0.2) is 48.5 Å². The molecule has 1 N–H and O–H groups in total. The van der Waals surface area contributed by atoms with Crippen molar-refractivity contribution in [2.75, 3.05) is 41.4 Å². The quantitative estimate of drug-likeness (QED) is 0.590. The fourth-order valence-electron chi connectivity index (χ4n) is 3.83. The predicted octanol–water partition coefficient (Wildman–Crippen LogP) is 4.24. The zero-order chi connectivity index (χ0) is 22.6. The minimum atomic E-state index is -0.104. The lowest BCUT2D eigenvalue weighted by Crippen LogP contribution is -2.40. The van der Waals surface area contributed by atoms with Gasteiger partial charge in [-0.15, -0.1) is 0 Å². The number of hydrogen-bond acceptors (Lipinski definition) is 5. The lowest BCUT2D eigenvalue weighted by Gasteiger charge is -2.28. The maximum Gasteiger partial charge on any atom is 0.252 e. The van der Waals surface area contributed by atoms with Crippen LogP contribution in [0.1, 0.15) is 24.2 Å². The van der Waals surface area contributed by atoms with Crippen LogP contribution in [0.2, 0.25) is 0 Å². The fourth-order valence-corrected chi connectivity index (χ4v) is 3.83. The van der Waals surface area contributed by atoms with Crippen LogP contribution in [0, 0.1) is 5.41 Å². The number of nitrogens with one attached hydrogen (secondary N) is 1. The molecule has 0 bridgehead atoms. The third kappa shape index (κ3) is 5.33. The Morgan fingerprint density at radius 3 is 2.42 bits per heavy atom. The van der Waals surface area contributed by atoms with E-state index in [1.165, 1.54) is 0 Å². The molecule has 0 fully saturated rings. The summed E-state index contributed by atoms with van der Waals surface area (Å²) in [5.41, 5.74) is 2.89. The van der Waals surface area contributed by atoms with Crippen molar-refractivity contribution >= 4 is 16.8 Å². The van der Waals surface area contributed by atoms with Crippen LogP contribution in [0.5, 0.6) is 11.5 Å². The van der Waals surface area contributed by atoms with E-state index in [1.54, 1.807) is 14.2 Å². The van der Waals surface area contributed by atoms with E-state index in [9.17, 15) is 4.79 Å². The molecule has 0 unspecified atom stereocenters. The van der Waals surface area contributed by atoms with Crippen LogP contribution >= 0.6 is 0 Å². The molecule has 0 aliphatic rings. The summed E-state index contributed by atoms with van der Waals surface area (Å²) >= 11 is 0. The number of carbonyl (C=O) groups is 1. The van der Waals surface area contributed by atoms with Gasteiger partial charge in [0.2, 0.25) is 0 Å². The largest absolute Gasteiger partial charge is 0.493 e. The van der Waals surface area contributed by atoms with Crippen LogP contribution < -0.4 is 14.8 Å². The van der Waals surface area contributed by atoms with Crippen molar-refractivity contribution in [3.8, 4) is 22.8 Å². The van der Waals surface area contributed by atoms with Crippen molar-refractivity contribution in [2.45, 2.75) is 13.8 Å². The smallest absolute Gasteiger partial charge is 0.252 e. The zero-order valence-electron chi connectivity index (χ0n) is 19.2. The van der Waals surface area contributed by atoms with Gasteiger partial charge >= 0.3 is 0 Å². The van der Waals surface area contributed by atoms with E-state index in [4.69, 9.17) is 14.5 Å². The standard InChI is InChI=1S/C25H31N3O3/c1-25(2,16-28(3)4)15-26-24(29)19-14-21(27-20-10-8-7-9-18(19)20)17-11-12-22(30-5)23(13-17)31-6/h7-14H,15-16H2,1-6H3,(H,26,29). The number of pyridine rings is 1. The van der Waals surface area contributed by atoms with Gasteiger partial charge in [-0.05, 0) is 49.8 Å². The van der Waals surface area contributed by atoms with Gasteiger partial charge in [0.15, 0.2) is 11.5 Å². The van der Waals surface area contributed by atoms with Crippen molar-refractivity contribution < 1.29 is 14.3 Å². The van der Waals surface area contributed by atoms with Crippen molar-refractivity contribution in [1.82, 2.24) is 15.2 Å². The van der Waals surface area contributed by atoms with Crippen molar-refractivity contribution in [3.63, 3.8) is 0 Å². The molecule has 1 amide bonds. The van der Waals surface area contributed by atoms with E-state index in [2.05, 4.69) is 24.1 Å². The molecular formula is C25H31N3O3. The highest BCUT2D eigenvalue weighted by Gasteiger charge is 2.21. The second kappa shape index (κ2) is 9.35. The Morgan fingerprint density at radius 1 is 1.03 bits per heavy atom. The van der Waals surface area contributed by atoms with Gasteiger partial charge < -0.3 is 19.7 Å². The van der Waals surface area contributed by atoms with Gasteiger partial charge in [-0.2, -0.15) is 0 Å². The molecule has 6 nitrogen and oxygen atoms in total. The fraction of sp³-hybridized carbons (Fsp3) is 0.360. The SMILES string of the molecule is COc1ccc(-c2cc(C(=O)NCC(C)(C)CN(C)C)c3ccccc3n2)cc1OC. The first-order valence-electron chi connectivity index (χ1n) is 10.3. The second-order valence-corrected chi connectivity index (χ2v) is 8.73.